The van der Waals surface area contributed by atoms with Gasteiger partial charge in [-0.3, -0.25) is 14.5 Å². The summed E-state index contributed by atoms with van der Waals surface area (Å²) in [7, 11) is 0. The van der Waals surface area contributed by atoms with Crippen LogP contribution in [0.3, 0.4) is 0 Å². The molecule has 36 heavy (non-hydrogen) atoms. The molecular formula is C29H41FN4O2. The maximum atomic E-state index is 15.1. The second-order valence-electron chi connectivity index (χ2n) is 9.39. The predicted octanol–water partition coefficient (Wildman–Crippen LogP) is 4.40. The number of hydrogen-bond acceptors (Lipinski definition) is 4. The lowest BCUT2D eigenvalue weighted by Gasteiger charge is -2.41. The highest BCUT2D eigenvalue weighted by Gasteiger charge is 2.33. The molecule has 1 N–H and O–H groups in total. The summed E-state index contributed by atoms with van der Waals surface area (Å²) in [6.07, 6.45) is 1.94. The van der Waals surface area contributed by atoms with Crippen molar-refractivity contribution in [1.29, 1.82) is 0 Å². The highest BCUT2D eigenvalue weighted by atomic mass is 19.1. The number of carbonyl (C=O) groups excluding carboxylic acids is 2. The van der Waals surface area contributed by atoms with Crippen LogP contribution in [0.25, 0.3) is 0 Å². The van der Waals surface area contributed by atoms with Gasteiger partial charge in [-0.2, -0.15) is 0 Å². The summed E-state index contributed by atoms with van der Waals surface area (Å²) in [5.41, 5.74) is 2.21. The molecular weight excluding hydrogens is 455 g/mol. The van der Waals surface area contributed by atoms with Gasteiger partial charge in [-0.1, -0.05) is 50.2 Å². The quantitative estimate of drug-likeness (QED) is 0.501. The molecule has 1 heterocycles. The Morgan fingerprint density at radius 2 is 1.58 bits per heavy atom. The second-order valence-corrected chi connectivity index (χ2v) is 9.39. The number of rotatable bonds is 11. The Balaban J connectivity index is 1.67. The van der Waals surface area contributed by atoms with Crippen LogP contribution >= 0.6 is 0 Å². The fourth-order valence-electron chi connectivity index (χ4n) is 4.95. The zero-order chi connectivity index (χ0) is 26.1. The lowest BCUT2D eigenvalue weighted by molar-refractivity contribution is -0.137. The molecule has 1 aliphatic heterocycles. The smallest absolute Gasteiger partial charge is 0.244 e. The lowest BCUT2D eigenvalue weighted by Crippen LogP contribution is -2.52. The Bertz CT molecular complexity index is 984. The molecule has 1 atom stereocenters. The number of benzene rings is 2. The largest absolute Gasteiger partial charge is 0.367 e. The highest BCUT2D eigenvalue weighted by molar-refractivity contribution is 5.83. The monoisotopic (exact) mass is 496 g/mol. The lowest BCUT2D eigenvalue weighted by atomic mass is 10.0. The molecule has 2 aromatic rings. The number of anilines is 1. The molecule has 3 rings (SSSR count). The Hall–Kier alpha value is -2.93. The average Bonchev–Trinajstić information content (AvgIpc) is 2.89. The number of halogens is 1. The minimum absolute atomic E-state index is 0.0747. The number of carbonyl (C=O) groups is 2. The molecule has 0 aromatic heterocycles. The van der Waals surface area contributed by atoms with Crippen LogP contribution in [-0.2, 0) is 16.0 Å². The topological polar surface area (TPSA) is 55.9 Å². The van der Waals surface area contributed by atoms with E-state index < -0.39 is 0 Å². The first-order chi connectivity index (χ1) is 17.4. The summed E-state index contributed by atoms with van der Waals surface area (Å²) in [6.45, 7) is 12.0. The molecule has 7 heteroatoms. The number of nitrogens with zero attached hydrogens (tertiary/aromatic N) is 3. The average molecular weight is 497 g/mol. The third kappa shape index (κ3) is 6.84. The van der Waals surface area contributed by atoms with Gasteiger partial charge in [-0.05, 0) is 49.9 Å². The van der Waals surface area contributed by atoms with Crippen molar-refractivity contribution >= 4 is 17.5 Å². The molecule has 0 spiro atoms. The number of nitrogens with one attached hydrogen (secondary N) is 1. The first-order valence-electron chi connectivity index (χ1n) is 13.3. The van der Waals surface area contributed by atoms with Crippen molar-refractivity contribution in [2.45, 2.75) is 59.0 Å². The van der Waals surface area contributed by atoms with E-state index in [2.05, 4.69) is 10.2 Å². The van der Waals surface area contributed by atoms with Crippen LogP contribution in [0, 0.1) is 5.82 Å². The van der Waals surface area contributed by atoms with Crippen molar-refractivity contribution in [2.24, 2.45) is 0 Å². The number of amides is 2. The summed E-state index contributed by atoms with van der Waals surface area (Å²) in [6, 6.07) is 14.8. The maximum absolute atomic E-state index is 15.1. The van der Waals surface area contributed by atoms with E-state index in [4.69, 9.17) is 0 Å². The van der Waals surface area contributed by atoms with Crippen LogP contribution < -0.4 is 10.2 Å². The van der Waals surface area contributed by atoms with Crippen LogP contribution in [0.2, 0.25) is 0 Å². The van der Waals surface area contributed by atoms with Crippen LogP contribution in [0.15, 0.2) is 48.5 Å². The zero-order valence-electron chi connectivity index (χ0n) is 22.2. The minimum atomic E-state index is -0.339. The van der Waals surface area contributed by atoms with Crippen LogP contribution in [0.5, 0.6) is 0 Å². The van der Waals surface area contributed by atoms with E-state index >= 15 is 4.39 Å². The third-order valence-corrected chi connectivity index (χ3v) is 7.17. The number of piperazine rings is 1. The third-order valence-electron chi connectivity index (χ3n) is 7.17. The van der Waals surface area contributed by atoms with Crippen molar-refractivity contribution in [3.05, 3.63) is 65.5 Å². The molecule has 1 saturated heterocycles. The van der Waals surface area contributed by atoms with E-state index in [0.717, 1.165) is 18.4 Å². The minimum Gasteiger partial charge on any atom is -0.367 e. The first-order valence-corrected chi connectivity index (χ1v) is 13.3. The molecule has 0 radical (unpaired) electrons. The molecule has 2 aromatic carbocycles. The van der Waals surface area contributed by atoms with E-state index in [0.29, 0.717) is 50.5 Å². The molecule has 196 valence electrons. The Morgan fingerprint density at radius 3 is 2.14 bits per heavy atom. The molecule has 0 saturated carbocycles. The van der Waals surface area contributed by atoms with Crippen LogP contribution in [0.4, 0.5) is 10.1 Å². The van der Waals surface area contributed by atoms with Gasteiger partial charge in [0, 0.05) is 45.3 Å². The molecule has 0 aliphatic carbocycles. The van der Waals surface area contributed by atoms with Gasteiger partial charge in [0.2, 0.25) is 11.8 Å². The normalized spacial score (nSPS) is 15.1. The van der Waals surface area contributed by atoms with Gasteiger partial charge in [0.25, 0.3) is 0 Å². The fourth-order valence-corrected chi connectivity index (χ4v) is 4.95. The summed E-state index contributed by atoms with van der Waals surface area (Å²) in [5.74, 6) is -0.272. The van der Waals surface area contributed by atoms with Gasteiger partial charge in [0.15, 0.2) is 0 Å². The van der Waals surface area contributed by atoms with Crippen LogP contribution in [0.1, 0.15) is 57.7 Å². The Labute approximate surface area is 215 Å². The fraction of sp³-hybridized carbons (Fsp3) is 0.517. The van der Waals surface area contributed by atoms with E-state index in [9.17, 15) is 9.59 Å². The van der Waals surface area contributed by atoms with Crippen molar-refractivity contribution in [3.63, 3.8) is 0 Å². The maximum Gasteiger partial charge on any atom is 0.244 e. The number of likely N-dealkylation sites (N-methyl/N-ethyl adjacent to an activating group) is 1. The summed E-state index contributed by atoms with van der Waals surface area (Å²) >= 11 is 0. The highest BCUT2D eigenvalue weighted by Crippen LogP contribution is 2.28. The van der Waals surface area contributed by atoms with E-state index in [1.54, 1.807) is 6.07 Å². The molecule has 1 unspecified atom stereocenters. The van der Waals surface area contributed by atoms with Gasteiger partial charge in [0.05, 0.1) is 12.1 Å². The molecule has 0 bridgehead atoms. The second kappa shape index (κ2) is 13.4. The van der Waals surface area contributed by atoms with Gasteiger partial charge >= 0.3 is 0 Å². The van der Waals surface area contributed by atoms with E-state index in [1.807, 2.05) is 73.9 Å². The number of hydrogen-bond donors (Lipinski definition) is 1. The molecule has 6 nitrogen and oxygen atoms in total. The van der Waals surface area contributed by atoms with E-state index in [-0.39, 0.29) is 36.1 Å². The Morgan fingerprint density at radius 1 is 0.944 bits per heavy atom. The van der Waals surface area contributed by atoms with Crippen molar-refractivity contribution in [3.8, 4) is 0 Å². The summed E-state index contributed by atoms with van der Waals surface area (Å²) in [4.78, 5) is 31.9. The van der Waals surface area contributed by atoms with Gasteiger partial charge in [-0.25, -0.2) is 4.39 Å². The van der Waals surface area contributed by atoms with Gasteiger partial charge in [-0.15, -0.1) is 0 Å². The summed E-state index contributed by atoms with van der Waals surface area (Å²) in [5, 5.41) is 3.01. The van der Waals surface area contributed by atoms with Gasteiger partial charge in [0.1, 0.15) is 11.9 Å². The molecule has 1 fully saturated rings. The van der Waals surface area contributed by atoms with Crippen molar-refractivity contribution in [2.75, 3.05) is 44.2 Å². The predicted molar refractivity (Wildman–Crippen MR) is 144 cm³/mol. The van der Waals surface area contributed by atoms with Gasteiger partial charge < -0.3 is 15.1 Å². The zero-order valence-corrected chi connectivity index (χ0v) is 22.2. The standard InChI is InChI=1S/C29H41FN4O2/c1-5-24(6-2)31-27(35)21-22-14-15-26(25(30)20-22)33-16-18-34(19-17-33)28(23-12-10-9-11-13-23)29(36)32(7-3)8-4/h9-15,20,24,28H,5-8,16-19,21H2,1-4H3,(H,31,35). The molecule has 2 amide bonds. The Kier molecular flexibility index (Phi) is 10.3. The SMILES string of the molecule is CCC(CC)NC(=O)Cc1ccc(N2CCN(C(C(=O)N(CC)CC)c3ccccc3)CC2)c(F)c1. The van der Waals surface area contributed by atoms with Crippen LogP contribution in [-0.4, -0.2) is 66.9 Å². The van der Waals surface area contributed by atoms with E-state index in [1.165, 1.54) is 6.07 Å². The first kappa shape index (κ1) is 27.7. The van der Waals surface area contributed by atoms with Crippen molar-refractivity contribution in [1.82, 2.24) is 15.1 Å². The van der Waals surface area contributed by atoms with Crippen molar-refractivity contribution < 1.29 is 14.0 Å². The summed E-state index contributed by atoms with van der Waals surface area (Å²) < 4.78 is 15.1. The molecule has 1 aliphatic rings.